The molecule has 4 nitrogen and oxygen atoms in total. The van der Waals surface area contributed by atoms with Gasteiger partial charge in [-0.3, -0.25) is 9.78 Å². The lowest BCUT2D eigenvalue weighted by molar-refractivity contribution is -0.137. The molecule has 1 amide bonds. The molecule has 2 rings (SSSR count). The Morgan fingerprint density at radius 2 is 1.79 bits per heavy atom. The van der Waals surface area contributed by atoms with Gasteiger partial charge in [0.15, 0.2) is 6.61 Å². The molecule has 7 heteroatoms. The van der Waals surface area contributed by atoms with Crippen molar-refractivity contribution in [2.24, 2.45) is 0 Å². The Bertz CT molecular complexity index is 717. The first-order valence-corrected chi connectivity index (χ1v) is 7.21. The van der Waals surface area contributed by atoms with Gasteiger partial charge in [0.25, 0.3) is 5.91 Å². The molecule has 0 bridgehead atoms. The largest absolute Gasteiger partial charge is 0.484 e. The van der Waals surface area contributed by atoms with E-state index in [1.165, 1.54) is 12.1 Å². The van der Waals surface area contributed by atoms with Crippen LogP contribution in [0.2, 0.25) is 0 Å². The zero-order chi connectivity index (χ0) is 17.9. The third-order valence-corrected chi connectivity index (χ3v) is 3.34. The van der Waals surface area contributed by atoms with Crippen molar-refractivity contribution in [3.63, 3.8) is 0 Å². The lowest BCUT2D eigenvalue weighted by Gasteiger charge is -2.13. The highest BCUT2D eigenvalue weighted by Gasteiger charge is 2.30. The maximum absolute atomic E-state index is 12.5. The first-order chi connectivity index (χ1) is 11.2. The van der Waals surface area contributed by atoms with Gasteiger partial charge in [0.05, 0.1) is 16.9 Å². The number of nitrogens with zero attached hydrogens (tertiary/aromatic N) is 1. The van der Waals surface area contributed by atoms with Crippen molar-refractivity contribution in [1.29, 1.82) is 0 Å². The molecular formula is C17H17F3N2O2. The van der Waals surface area contributed by atoms with Gasteiger partial charge in [-0.25, -0.2) is 0 Å². The standard InChI is InChI=1S/C17H17F3N2O2/c1-10-8-11(2)21-12(3)16(10)22-15(23)9-24-14-6-4-13(5-7-14)17(18,19)20/h4-8H,9H2,1-3H3,(H,22,23). The number of nitrogens with one attached hydrogen (secondary N) is 1. The zero-order valence-electron chi connectivity index (χ0n) is 13.5. The Morgan fingerprint density at radius 1 is 1.17 bits per heavy atom. The summed E-state index contributed by atoms with van der Waals surface area (Å²) < 4.78 is 42.6. The second-order valence-corrected chi connectivity index (χ2v) is 5.40. The molecule has 0 unspecified atom stereocenters. The quantitative estimate of drug-likeness (QED) is 0.915. The summed E-state index contributed by atoms with van der Waals surface area (Å²) in [6.07, 6.45) is -4.40. The van der Waals surface area contributed by atoms with Crippen LogP contribution in [0, 0.1) is 20.8 Å². The number of amides is 1. The van der Waals surface area contributed by atoms with E-state index in [0.29, 0.717) is 11.4 Å². The average molecular weight is 338 g/mol. The average Bonchev–Trinajstić information content (AvgIpc) is 2.48. The number of halogens is 3. The summed E-state index contributed by atoms with van der Waals surface area (Å²) in [5.41, 5.74) is 2.26. The molecule has 1 aromatic heterocycles. The smallest absolute Gasteiger partial charge is 0.416 e. The number of carbonyl (C=O) groups is 1. The van der Waals surface area contributed by atoms with E-state index in [0.717, 1.165) is 23.4 Å². The number of alkyl halides is 3. The van der Waals surface area contributed by atoms with Crippen molar-refractivity contribution in [1.82, 2.24) is 4.98 Å². The molecule has 0 saturated heterocycles. The lowest BCUT2D eigenvalue weighted by atomic mass is 10.1. The van der Waals surface area contributed by atoms with Crippen LogP contribution in [0.3, 0.4) is 0 Å². The van der Waals surface area contributed by atoms with E-state index in [4.69, 9.17) is 4.74 Å². The Labute approximate surface area is 137 Å². The van der Waals surface area contributed by atoms with E-state index in [-0.39, 0.29) is 12.4 Å². The van der Waals surface area contributed by atoms with E-state index < -0.39 is 17.6 Å². The number of pyridine rings is 1. The van der Waals surface area contributed by atoms with Crippen LogP contribution in [-0.2, 0) is 11.0 Å². The first kappa shape index (κ1) is 17.8. The maximum Gasteiger partial charge on any atom is 0.416 e. The first-order valence-electron chi connectivity index (χ1n) is 7.21. The van der Waals surface area contributed by atoms with Gasteiger partial charge in [-0.1, -0.05) is 0 Å². The zero-order valence-corrected chi connectivity index (χ0v) is 13.5. The Kier molecular flexibility index (Phi) is 5.11. The molecule has 2 aromatic rings. The second kappa shape index (κ2) is 6.90. The van der Waals surface area contributed by atoms with Crippen LogP contribution < -0.4 is 10.1 Å². The molecule has 0 aliphatic heterocycles. The predicted molar refractivity (Wildman–Crippen MR) is 84.0 cm³/mol. The van der Waals surface area contributed by atoms with Crippen molar-refractivity contribution in [3.05, 3.63) is 52.8 Å². The van der Waals surface area contributed by atoms with E-state index in [2.05, 4.69) is 10.3 Å². The lowest BCUT2D eigenvalue weighted by Crippen LogP contribution is -2.21. The van der Waals surface area contributed by atoms with Gasteiger partial charge in [-0.15, -0.1) is 0 Å². The van der Waals surface area contributed by atoms with Gasteiger partial charge < -0.3 is 10.1 Å². The number of anilines is 1. The molecule has 0 spiro atoms. The van der Waals surface area contributed by atoms with Crippen LogP contribution in [0.25, 0.3) is 0 Å². The summed E-state index contributed by atoms with van der Waals surface area (Å²) in [6.45, 7) is 5.19. The van der Waals surface area contributed by atoms with Crippen LogP contribution >= 0.6 is 0 Å². The summed E-state index contributed by atoms with van der Waals surface area (Å²) in [6, 6.07) is 6.02. The van der Waals surface area contributed by atoms with Gasteiger partial charge >= 0.3 is 6.18 Å². The molecule has 0 radical (unpaired) electrons. The number of rotatable bonds is 4. The SMILES string of the molecule is Cc1cc(C)c(NC(=O)COc2ccc(C(F)(F)F)cc2)c(C)n1. The molecule has 1 heterocycles. The van der Waals surface area contributed by atoms with E-state index in [9.17, 15) is 18.0 Å². The molecule has 24 heavy (non-hydrogen) atoms. The molecule has 0 aliphatic rings. The summed E-state index contributed by atoms with van der Waals surface area (Å²) in [7, 11) is 0. The van der Waals surface area contributed by atoms with Crippen LogP contribution in [0.1, 0.15) is 22.5 Å². The number of carbonyl (C=O) groups excluding carboxylic acids is 1. The van der Waals surface area contributed by atoms with E-state index in [1.807, 2.05) is 19.9 Å². The minimum absolute atomic E-state index is 0.189. The highest BCUT2D eigenvalue weighted by molar-refractivity contribution is 5.93. The highest BCUT2D eigenvalue weighted by atomic mass is 19.4. The summed E-state index contributed by atoms with van der Waals surface area (Å²) in [4.78, 5) is 16.2. The molecular weight excluding hydrogens is 321 g/mol. The van der Waals surface area contributed by atoms with Crippen LogP contribution in [0.15, 0.2) is 30.3 Å². The van der Waals surface area contributed by atoms with Gasteiger partial charge in [0.1, 0.15) is 5.75 Å². The fourth-order valence-corrected chi connectivity index (χ4v) is 2.28. The van der Waals surface area contributed by atoms with Gasteiger partial charge in [-0.05, 0) is 56.7 Å². The van der Waals surface area contributed by atoms with Crippen LogP contribution in [0.5, 0.6) is 5.75 Å². The highest BCUT2D eigenvalue weighted by Crippen LogP contribution is 2.30. The van der Waals surface area contributed by atoms with Crippen molar-refractivity contribution in [3.8, 4) is 5.75 Å². The molecule has 0 aliphatic carbocycles. The van der Waals surface area contributed by atoms with Gasteiger partial charge in [-0.2, -0.15) is 13.2 Å². The predicted octanol–water partition coefficient (Wildman–Crippen LogP) is 4.04. The number of aromatic nitrogens is 1. The third kappa shape index (κ3) is 4.47. The van der Waals surface area contributed by atoms with E-state index >= 15 is 0 Å². The topological polar surface area (TPSA) is 51.2 Å². The van der Waals surface area contributed by atoms with E-state index in [1.54, 1.807) is 6.92 Å². The van der Waals surface area contributed by atoms with Crippen molar-refractivity contribution in [2.45, 2.75) is 26.9 Å². The van der Waals surface area contributed by atoms with Gasteiger partial charge in [0, 0.05) is 5.69 Å². The van der Waals surface area contributed by atoms with Crippen LogP contribution in [0.4, 0.5) is 18.9 Å². The Hall–Kier alpha value is -2.57. The van der Waals surface area contributed by atoms with Crippen molar-refractivity contribution < 1.29 is 22.7 Å². The number of aryl methyl sites for hydroxylation is 3. The third-order valence-electron chi connectivity index (χ3n) is 3.34. The number of ether oxygens (including phenoxy) is 1. The number of hydrogen-bond acceptors (Lipinski definition) is 3. The van der Waals surface area contributed by atoms with Crippen molar-refractivity contribution in [2.75, 3.05) is 11.9 Å². The normalized spacial score (nSPS) is 11.2. The minimum Gasteiger partial charge on any atom is -0.484 e. The molecule has 0 saturated carbocycles. The fourth-order valence-electron chi connectivity index (χ4n) is 2.28. The molecule has 0 atom stereocenters. The number of benzene rings is 1. The molecule has 128 valence electrons. The van der Waals surface area contributed by atoms with Gasteiger partial charge in [0.2, 0.25) is 0 Å². The maximum atomic E-state index is 12.5. The molecule has 1 N–H and O–H groups in total. The summed E-state index contributed by atoms with van der Waals surface area (Å²) in [5, 5.41) is 2.71. The minimum atomic E-state index is -4.40. The summed E-state index contributed by atoms with van der Waals surface area (Å²) in [5.74, 6) is -0.222. The Balaban J connectivity index is 1.97. The monoisotopic (exact) mass is 338 g/mol. The summed E-state index contributed by atoms with van der Waals surface area (Å²) >= 11 is 0. The number of hydrogen-bond donors (Lipinski definition) is 1. The fraction of sp³-hybridized carbons (Fsp3) is 0.294. The molecule has 0 fully saturated rings. The molecule has 1 aromatic carbocycles. The van der Waals surface area contributed by atoms with Crippen molar-refractivity contribution >= 4 is 11.6 Å². The van der Waals surface area contributed by atoms with Crippen LogP contribution in [-0.4, -0.2) is 17.5 Å². The second-order valence-electron chi connectivity index (χ2n) is 5.40. The Morgan fingerprint density at radius 3 is 2.33 bits per heavy atom.